The molecule has 0 fully saturated rings. The molecule has 0 aliphatic rings. The van der Waals surface area contributed by atoms with E-state index in [1.807, 2.05) is 0 Å². The second-order valence-electron chi connectivity index (χ2n) is 4.16. The maximum absolute atomic E-state index is 11.9. The summed E-state index contributed by atoms with van der Waals surface area (Å²) in [7, 11) is 0. The van der Waals surface area contributed by atoms with Gasteiger partial charge in [-0.25, -0.2) is 0 Å². The van der Waals surface area contributed by atoms with Gasteiger partial charge >= 0.3 is 0 Å². The van der Waals surface area contributed by atoms with Gasteiger partial charge in [-0.05, 0) is 24.3 Å². The molecule has 2 aromatic carbocycles. The second-order valence-corrected chi connectivity index (χ2v) is 6.22. The Morgan fingerprint density at radius 1 is 0.909 bits per heavy atom. The summed E-state index contributed by atoms with van der Waals surface area (Å²) in [6, 6.07) is 7.61. The smallest absolute Gasteiger partial charge is 0.262 e. The van der Waals surface area contributed by atoms with E-state index in [1.54, 1.807) is 12.1 Å². The molecule has 116 valence electrons. The minimum absolute atomic E-state index is 0.253. The number of hydrogen-bond donors (Lipinski definition) is 1. The number of amides is 1. The normalized spacial score (nSPS) is 10.4. The zero-order valence-corrected chi connectivity index (χ0v) is 14.6. The first-order chi connectivity index (χ1) is 10.4. The highest BCUT2D eigenvalue weighted by atomic mass is 35.5. The molecule has 0 bridgehead atoms. The lowest BCUT2D eigenvalue weighted by Gasteiger charge is -2.11. The zero-order valence-electron chi connectivity index (χ0n) is 10.8. The lowest BCUT2D eigenvalue weighted by Crippen LogP contribution is -2.20. The van der Waals surface area contributed by atoms with Crippen molar-refractivity contribution >= 4 is 69.6 Å². The predicted octanol–water partition coefficient (Wildman–Crippen LogP) is 5.97. The van der Waals surface area contributed by atoms with Crippen LogP contribution in [0.2, 0.25) is 25.1 Å². The van der Waals surface area contributed by atoms with Crippen molar-refractivity contribution in [1.82, 2.24) is 0 Å². The number of benzene rings is 2. The van der Waals surface area contributed by atoms with Gasteiger partial charge in [0.05, 0.1) is 25.8 Å². The standard InChI is InChI=1S/C14H8Cl5NO2/c15-7-1-2-8(16)12(3-7)20-14(21)6-22-13-5-10(18)9(17)4-11(13)19/h1-5H,6H2,(H,20,21). The average molecular weight is 399 g/mol. The van der Waals surface area contributed by atoms with E-state index in [4.69, 9.17) is 62.7 Å². The van der Waals surface area contributed by atoms with E-state index in [0.29, 0.717) is 20.8 Å². The fraction of sp³-hybridized carbons (Fsp3) is 0.0714. The Morgan fingerprint density at radius 2 is 1.59 bits per heavy atom. The van der Waals surface area contributed by atoms with Crippen LogP contribution in [0.15, 0.2) is 30.3 Å². The van der Waals surface area contributed by atoms with E-state index in [0.717, 1.165) is 0 Å². The molecule has 2 rings (SSSR count). The topological polar surface area (TPSA) is 38.3 Å². The van der Waals surface area contributed by atoms with Gasteiger partial charge in [0.2, 0.25) is 0 Å². The highest BCUT2D eigenvalue weighted by Gasteiger charge is 2.11. The third-order valence-corrected chi connectivity index (χ3v) is 4.12. The summed E-state index contributed by atoms with van der Waals surface area (Å²) in [5.74, 6) is -0.172. The Labute approximate surface area is 152 Å². The van der Waals surface area contributed by atoms with Crippen molar-refractivity contribution in [3.05, 3.63) is 55.4 Å². The molecule has 0 unspecified atom stereocenters. The minimum Gasteiger partial charge on any atom is -0.482 e. The summed E-state index contributed by atoms with van der Waals surface area (Å²) >= 11 is 29.4. The lowest BCUT2D eigenvalue weighted by atomic mass is 10.3. The van der Waals surface area contributed by atoms with Crippen LogP contribution in [-0.4, -0.2) is 12.5 Å². The van der Waals surface area contributed by atoms with Crippen LogP contribution >= 0.6 is 58.0 Å². The molecule has 8 heteroatoms. The van der Waals surface area contributed by atoms with Crippen molar-refractivity contribution in [2.45, 2.75) is 0 Å². The van der Waals surface area contributed by atoms with Crippen LogP contribution in [0.5, 0.6) is 5.75 Å². The number of halogens is 5. The van der Waals surface area contributed by atoms with Crippen LogP contribution in [0.3, 0.4) is 0 Å². The fourth-order valence-electron chi connectivity index (χ4n) is 1.54. The summed E-state index contributed by atoms with van der Waals surface area (Å²) in [5, 5.41) is 4.23. The Morgan fingerprint density at radius 3 is 2.32 bits per heavy atom. The molecule has 1 amide bonds. The Kier molecular flexibility index (Phi) is 6.07. The largest absolute Gasteiger partial charge is 0.482 e. The predicted molar refractivity (Wildman–Crippen MR) is 92.1 cm³/mol. The highest BCUT2D eigenvalue weighted by Crippen LogP contribution is 2.33. The average Bonchev–Trinajstić information content (AvgIpc) is 2.45. The van der Waals surface area contributed by atoms with Gasteiger partial charge in [0.15, 0.2) is 6.61 Å². The molecule has 0 atom stereocenters. The lowest BCUT2D eigenvalue weighted by molar-refractivity contribution is -0.118. The van der Waals surface area contributed by atoms with Crippen LogP contribution in [0, 0.1) is 0 Å². The third kappa shape index (κ3) is 4.58. The number of carbonyl (C=O) groups excluding carboxylic acids is 1. The quantitative estimate of drug-likeness (QED) is 0.643. The summed E-state index contributed by atoms with van der Waals surface area (Å²) < 4.78 is 5.31. The SMILES string of the molecule is O=C(COc1cc(Cl)c(Cl)cc1Cl)Nc1cc(Cl)ccc1Cl. The first-order valence-corrected chi connectivity index (χ1v) is 7.78. The molecule has 0 saturated heterocycles. The summed E-state index contributed by atoms with van der Waals surface area (Å²) in [6.45, 7) is -0.277. The van der Waals surface area contributed by atoms with Gasteiger partial charge < -0.3 is 10.1 Å². The van der Waals surface area contributed by atoms with E-state index < -0.39 is 5.91 Å². The molecule has 0 aliphatic heterocycles. The maximum Gasteiger partial charge on any atom is 0.262 e. The number of carbonyl (C=O) groups is 1. The summed E-state index contributed by atoms with van der Waals surface area (Å²) in [5.41, 5.74) is 0.392. The van der Waals surface area contributed by atoms with Crippen molar-refractivity contribution in [3.63, 3.8) is 0 Å². The van der Waals surface area contributed by atoms with Gasteiger partial charge in [0.25, 0.3) is 5.91 Å². The van der Waals surface area contributed by atoms with Crippen molar-refractivity contribution in [1.29, 1.82) is 0 Å². The van der Waals surface area contributed by atoms with Crippen molar-refractivity contribution in [2.24, 2.45) is 0 Å². The van der Waals surface area contributed by atoms with Gasteiger partial charge in [-0.15, -0.1) is 0 Å². The van der Waals surface area contributed by atoms with Gasteiger partial charge in [0.1, 0.15) is 5.75 Å². The number of nitrogens with one attached hydrogen (secondary N) is 1. The molecule has 22 heavy (non-hydrogen) atoms. The fourth-order valence-corrected chi connectivity index (χ4v) is 2.47. The molecule has 0 saturated carbocycles. The van der Waals surface area contributed by atoms with Crippen molar-refractivity contribution in [3.8, 4) is 5.75 Å². The van der Waals surface area contributed by atoms with E-state index >= 15 is 0 Å². The van der Waals surface area contributed by atoms with Crippen molar-refractivity contribution in [2.75, 3.05) is 11.9 Å². The summed E-state index contributed by atoms with van der Waals surface area (Å²) in [6.07, 6.45) is 0. The Hall–Kier alpha value is -0.840. The van der Waals surface area contributed by atoms with Gasteiger partial charge in [0, 0.05) is 11.1 Å². The molecular formula is C14H8Cl5NO2. The molecule has 1 N–H and O–H groups in total. The number of rotatable bonds is 4. The van der Waals surface area contributed by atoms with E-state index in [-0.39, 0.29) is 22.4 Å². The first-order valence-electron chi connectivity index (χ1n) is 5.89. The molecule has 0 spiro atoms. The minimum atomic E-state index is -0.425. The number of hydrogen-bond acceptors (Lipinski definition) is 2. The molecule has 3 nitrogen and oxygen atoms in total. The zero-order chi connectivity index (χ0) is 16.3. The third-order valence-electron chi connectivity index (χ3n) is 2.54. The Bertz CT molecular complexity index is 721. The number of anilines is 1. The molecule has 0 heterocycles. The van der Waals surface area contributed by atoms with Crippen LogP contribution in [0.25, 0.3) is 0 Å². The Balaban J connectivity index is 2.01. The number of ether oxygens (including phenoxy) is 1. The van der Waals surface area contributed by atoms with Crippen LogP contribution < -0.4 is 10.1 Å². The maximum atomic E-state index is 11.9. The van der Waals surface area contributed by atoms with Gasteiger partial charge in [-0.1, -0.05) is 58.0 Å². The molecule has 0 aromatic heterocycles. The van der Waals surface area contributed by atoms with E-state index in [1.165, 1.54) is 18.2 Å². The van der Waals surface area contributed by atoms with Crippen molar-refractivity contribution < 1.29 is 9.53 Å². The highest BCUT2D eigenvalue weighted by molar-refractivity contribution is 6.43. The van der Waals surface area contributed by atoms with Gasteiger partial charge in [-0.3, -0.25) is 4.79 Å². The summed E-state index contributed by atoms with van der Waals surface area (Å²) in [4.78, 5) is 11.9. The van der Waals surface area contributed by atoms with Gasteiger partial charge in [-0.2, -0.15) is 0 Å². The molecule has 2 aromatic rings. The van der Waals surface area contributed by atoms with Crippen LogP contribution in [-0.2, 0) is 4.79 Å². The van der Waals surface area contributed by atoms with Crippen LogP contribution in [0.1, 0.15) is 0 Å². The van der Waals surface area contributed by atoms with E-state index in [2.05, 4.69) is 5.32 Å². The molecule has 0 aliphatic carbocycles. The molecular weight excluding hydrogens is 391 g/mol. The monoisotopic (exact) mass is 397 g/mol. The second kappa shape index (κ2) is 7.62. The molecule has 0 radical (unpaired) electrons. The van der Waals surface area contributed by atoms with E-state index in [9.17, 15) is 4.79 Å². The van der Waals surface area contributed by atoms with Crippen LogP contribution in [0.4, 0.5) is 5.69 Å². The first kappa shape index (κ1) is 17.5.